The van der Waals surface area contributed by atoms with E-state index in [9.17, 15) is 4.79 Å². The number of rotatable bonds is 6. The number of nitrogens with zero attached hydrogens (tertiary/aromatic N) is 1. The van der Waals surface area contributed by atoms with Crippen LogP contribution in [0.25, 0.3) is 0 Å². The predicted molar refractivity (Wildman–Crippen MR) is 71.0 cm³/mol. The standard InChI is InChI=1S/C12H20N4O/c1-3-16(2)8-7-15-11-9(12(14)17)5-4-6-10(11)13/h4-6,15H,3,7-8,13H2,1-2H3,(H2,14,17). The molecule has 0 unspecified atom stereocenters. The van der Waals surface area contributed by atoms with Gasteiger partial charge in [-0.05, 0) is 25.7 Å². The summed E-state index contributed by atoms with van der Waals surface area (Å²) in [4.78, 5) is 13.4. The Morgan fingerprint density at radius 1 is 1.47 bits per heavy atom. The van der Waals surface area contributed by atoms with E-state index in [2.05, 4.69) is 17.1 Å². The summed E-state index contributed by atoms with van der Waals surface area (Å²) in [6.07, 6.45) is 0. The minimum atomic E-state index is -0.469. The third-order valence-electron chi connectivity index (χ3n) is 2.70. The molecule has 1 rings (SSSR count). The molecule has 1 aromatic carbocycles. The summed E-state index contributed by atoms with van der Waals surface area (Å²) in [7, 11) is 2.03. The molecular weight excluding hydrogens is 216 g/mol. The average Bonchev–Trinajstić information content (AvgIpc) is 2.30. The molecule has 0 aliphatic rings. The summed E-state index contributed by atoms with van der Waals surface area (Å²) in [5.41, 5.74) is 12.7. The zero-order valence-corrected chi connectivity index (χ0v) is 10.4. The maximum absolute atomic E-state index is 11.2. The first kappa shape index (κ1) is 13.3. The Morgan fingerprint density at radius 2 is 2.18 bits per heavy atom. The second kappa shape index (κ2) is 6.10. The highest BCUT2D eigenvalue weighted by molar-refractivity contribution is 6.01. The summed E-state index contributed by atoms with van der Waals surface area (Å²) in [5, 5.41) is 3.16. The van der Waals surface area contributed by atoms with Gasteiger partial charge in [-0.25, -0.2) is 0 Å². The van der Waals surface area contributed by atoms with Crippen molar-refractivity contribution in [3.63, 3.8) is 0 Å². The maximum Gasteiger partial charge on any atom is 0.250 e. The maximum atomic E-state index is 11.2. The molecule has 0 aliphatic carbocycles. The van der Waals surface area contributed by atoms with E-state index in [0.717, 1.165) is 19.6 Å². The number of benzene rings is 1. The van der Waals surface area contributed by atoms with Crippen molar-refractivity contribution >= 4 is 17.3 Å². The van der Waals surface area contributed by atoms with Gasteiger partial charge in [-0.3, -0.25) is 4.79 Å². The van der Waals surface area contributed by atoms with E-state index < -0.39 is 5.91 Å². The molecule has 5 nitrogen and oxygen atoms in total. The number of para-hydroxylation sites is 1. The third-order valence-corrected chi connectivity index (χ3v) is 2.70. The summed E-state index contributed by atoms with van der Waals surface area (Å²) in [5.74, 6) is -0.469. The van der Waals surface area contributed by atoms with E-state index in [-0.39, 0.29) is 0 Å². The van der Waals surface area contributed by atoms with Crippen molar-refractivity contribution in [2.75, 3.05) is 37.7 Å². The Bertz CT molecular complexity index is 392. The van der Waals surface area contributed by atoms with Crippen molar-refractivity contribution in [1.29, 1.82) is 0 Å². The second-order valence-corrected chi connectivity index (χ2v) is 3.96. The first-order valence-corrected chi connectivity index (χ1v) is 5.67. The number of primary amides is 1. The summed E-state index contributed by atoms with van der Waals surface area (Å²) >= 11 is 0. The summed E-state index contributed by atoms with van der Waals surface area (Å²) < 4.78 is 0. The van der Waals surface area contributed by atoms with Crippen LogP contribution in [0.3, 0.4) is 0 Å². The van der Waals surface area contributed by atoms with Gasteiger partial charge < -0.3 is 21.7 Å². The molecule has 0 aromatic heterocycles. The minimum Gasteiger partial charge on any atom is -0.397 e. The quantitative estimate of drug-likeness (QED) is 0.636. The van der Waals surface area contributed by atoms with Crippen LogP contribution in [-0.2, 0) is 0 Å². The van der Waals surface area contributed by atoms with Crippen LogP contribution in [0.5, 0.6) is 0 Å². The zero-order chi connectivity index (χ0) is 12.8. The molecule has 0 saturated heterocycles. The molecule has 0 heterocycles. The zero-order valence-electron chi connectivity index (χ0n) is 10.4. The number of hydrogen-bond acceptors (Lipinski definition) is 4. The van der Waals surface area contributed by atoms with E-state index in [4.69, 9.17) is 11.5 Å². The van der Waals surface area contributed by atoms with E-state index in [1.165, 1.54) is 0 Å². The van der Waals surface area contributed by atoms with Crippen LogP contribution in [0.1, 0.15) is 17.3 Å². The Labute approximate surface area is 102 Å². The lowest BCUT2D eigenvalue weighted by Crippen LogP contribution is -2.26. The van der Waals surface area contributed by atoms with Crippen LogP contribution in [-0.4, -0.2) is 37.5 Å². The Kier molecular flexibility index (Phi) is 4.78. The summed E-state index contributed by atoms with van der Waals surface area (Å²) in [6, 6.07) is 5.14. The minimum absolute atomic E-state index is 0.434. The van der Waals surface area contributed by atoms with Crippen molar-refractivity contribution < 1.29 is 4.79 Å². The number of carbonyl (C=O) groups excluding carboxylic acids is 1. The highest BCUT2D eigenvalue weighted by Gasteiger charge is 2.10. The molecule has 0 aliphatic heterocycles. The molecular formula is C12H20N4O. The number of carbonyl (C=O) groups is 1. The molecule has 0 radical (unpaired) electrons. The molecule has 1 amide bonds. The van der Waals surface area contributed by atoms with Crippen molar-refractivity contribution in [3.05, 3.63) is 23.8 Å². The number of amides is 1. The number of nitrogens with one attached hydrogen (secondary N) is 1. The van der Waals surface area contributed by atoms with Gasteiger partial charge in [0, 0.05) is 13.1 Å². The molecule has 5 heteroatoms. The highest BCUT2D eigenvalue weighted by atomic mass is 16.1. The average molecular weight is 236 g/mol. The number of nitrogen functional groups attached to an aromatic ring is 1. The van der Waals surface area contributed by atoms with Crippen LogP contribution in [0, 0.1) is 0 Å². The number of nitrogens with two attached hydrogens (primary N) is 2. The smallest absolute Gasteiger partial charge is 0.250 e. The van der Waals surface area contributed by atoms with E-state index >= 15 is 0 Å². The highest BCUT2D eigenvalue weighted by Crippen LogP contribution is 2.22. The van der Waals surface area contributed by atoms with Crippen molar-refractivity contribution in [3.8, 4) is 0 Å². The van der Waals surface area contributed by atoms with Crippen molar-refractivity contribution in [2.45, 2.75) is 6.92 Å². The van der Waals surface area contributed by atoms with Gasteiger partial charge in [-0.1, -0.05) is 13.0 Å². The molecule has 0 atom stereocenters. The molecule has 0 fully saturated rings. The van der Waals surface area contributed by atoms with E-state index in [0.29, 0.717) is 16.9 Å². The fourth-order valence-corrected chi connectivity index (χ4v) is 1.50. The molecule has 0 bridgehead atoms. The van der Waals surface area contributed by atoms with Gasteiger partial charge >= 0.3 is 0 Å². The number of likely N-dealkylation sites (N-methyl/N-ethyl adjacent to an activating group) is 1. The van der Waals surface area contributed by atoms with Gasteiger partial charge in [0.1, 0.15) is 0 Å². The van der Waals surface area contributed by atoms with Gasteiger partial charge in [-0.15, -0.1) is 0 Å². The largest absolute Gasteiger partial charge is 0.397 e. The molecule has 0 saturated carbocycles. The van der Waals surface area contributed by atoms with E-state index in [1.807, 2.05) is 7.05 Å². The lowest BCUT2D eigenvalue weighted by molar-refractivity contribution is 0.100. The molecule has 5 N–H and O–H groups in total. The molecule has 94 valence electrons. The third kappa shape index (κ3) is 3.64. The number of hydrogen-bond donors (Lipinski definition) is 3. The first-order chi connectivity index (χ1) is 8.06. The second-order valence-electron chi connectivity index (χ2n) is 3.96. The monoisotopic (exact) mass is 236 g/mol. The fraction of sp³-hybridized carbons (Fsp3) is 0.417. The first-order valence-electron chi connectivity index (χ1n) is 5.67. The van der Waals surface area contributed by atoms with Gasteiger partial charge in [0.15, 0.2) is 0 Å². The number of anilines is 2. The Morgan fingerprint density at radius 3 is 2.76 bits per heavy atom. The van der Waals surface area contributed by atoms with Gasteiger partial charge in [0.2, 0.25) is 0 Å². The normalized spacial score (nSPS) is 10.5. The van der Waals surface area contributed by atoms with Crippen LogP contribution in [0.4, 0.5) is 11.4 Å². The van der Waals surface area contributed by atoms with Gasteiger partial charge in [0.25, 0.3) is 5.91 Å². The SMILES string of the molecule is CCN(C)CCNc1c(N)cccc1C(N)=O. The van der Waals surface area contributed by atoms with Gasteiger partial charge in [0.05, 0.1) is 16.9 Å². The molecule has 0 spiro atoms. The topological polar surface area (TPSA) is 84.4 Å². The molecule has 1 aromatic rings. The lowest BCUT2D eigenvalue weighted by Gasteiger charge is -2.17. The molecule has 17 heavy (non-hydrogen) atoms. The van der Waals surface area contributed by atoms with Crippen molar-refractivity contribution in [1.82, 2.24) is 4.90 Å². The Balaban J connectivity index is 2.72. The lowest BCUT2D eigenvalue weighted by atomic mass is 10.1. The summed E-state index contributed by atoms with van der Waals surface area (Å²) in [6.45, 7) is 4.67. The van der Waals surface area contributed by atoms with Crippen LogP contribution >= 0.6 is 0 Å². The predicted octanol–water partition coefficient (Wildman–Crippen LogP) is 0.731. The van der Waals surface area contributed by atoms with E-state index in [1.54, 1.807) is 18.2 Å². The fourth-order valence-electron chi connectivity index (χ4n) is 1.50. The van der Waals surface area contributed by atoms with Crippen molar-refractivity contribution in [2.24, 2.45) is 5.73 Å². The Hall–Kier alpha value is -1.75. The van der Waals surface area contributed by atoms with Gasteiger partial charge in [-0.2, -0.15) is 0 Å². The van der Waals surface area contributed by atoms with Crippen LogP contribution < -0.4 is 16.8 Å². The van der Waals surface area contributed by atoms with Crippen LogP contribution in [0.15, 0.2) is 18.2 Å². The van der Waals surface area contributed by atoms with Crippen LogP contribution in [0.2, 0.25) is 0 Å².